The van der Waals surface area contributed by atoms with Gasteiger partial charge in [0.25, 0.3) is 0 Å². The number of rotatable bonds is 15. The third-order valence-electron chi connectivity index (χ3n) is 4.42. The first-order chi connectivity index (χ1) is 18.3. The van der Waals surface area contributed by atoms with E-state index in [1.807, 2.05) is 12.1 Å². The molecule has 0 radical (unpaired) electrons. The number of hydrogen-bond acceptors (Lipinski definition) is 12. The van der Waals surface area contributed by atoms with Crippen molar-refractivity contribution in [3.8, 4) is 0 Å². The van der Waals surface area contributed by atoms with Crippen molar-refractivity contribution in [3.63, 3.8) is 0 Å². The molecule has 0 atom stereocenters. The van der Waals surface area contributed by atoms with Crippen molar-refractivity contribution in [3.05, 3.63) is 71.8 Å². The zero-order valence-corrected chi connectivity index (χ0v) is 20.3. The highest BCUT2D eigenvalue weighted by Crippen LogP contribution is 2.02. The molecule has 0 aromatic heterocycles. The van der Waals surface area contributed by atoms with Gasteiger partial charge in [-0.3, -0.25) is 9.59 Å². The summed E-state index contributed by atoms with van der Waals surface area (Å²) >= 11 is 0. The van der Waals surface area contributed by atoms with Gasteiger partial charge >= 0.3 is 35.8 Å². The van der Waals surface area contributed by atoms with Crippen LogP contribution in [0.15, 0.2) is 60.7 Å². The van der Waals surface area contributed by atoms with Gasteiger partial charge in [-0.15, -0.1) is 0 Å². The average Bonchev–Trinajstić information content (AvgIpc) is 2.94. The zero-order valence-electron chi connectivity index (χ0n) is 20.3. The third-order valence-corrected chi connectivity index (χ3v) is 4.42. The molecule has 2 aromatic carbocycles. The van der Waals surface area contributed by atoms with Gasteiger partial charge in [0, 0.05) is 0 Å². The Balaban J connectivity index is 1.48. The Kier molecular flexibility index (Phi) is 13.1. The number of carbonyl (C=O) groups is 6. The molecule has 2 rings (SSSR count). The topological polar surface area (TPSA) is 158 Å². The summed E-state index contributed by atoms with van der Waals surface area (Å²) in [6, 6.07) is 17.8. The van der Waals surface area contributed by atoms with Crippen LogP contribution in [0.25, 0.3) is 0 Å². The maximum absolute atomic E-state index is 11.7. The summed E-state index contributed by atoms with van der Waals surface area (Å²) in [5.41, 5.74) is 1.52. The molecule has 2 aromatic rings. The molecule has 0 N–H and O–H groups in total. The maximum Gasteiger partial charge on any atom is 0.344 e. The zero-order chi connectivity index (χ0) is 27.6. The van der Waals surface area contributed by atoms with Crippen molar-refractivity contribution in [2.24, 2.45) is 0 Å². The van der Waals surface area contributed by atoms with Crippen LogP contribution in [0.5, 0.6) is 0 Å². The summed E-state index contributed by atoms with van der Waals surface area (Å²) in [6.07, 6.45) is -0.877. The average molecular weight is 530 g/mol. The van der Waals surface area contributed by atoms with Gasteiger partial charge in [0.05, 0.1) is 12.8 Å². The molecular formula is C26H26O12. The Hall–Kier alpha value is -4.74. The summed E-state index contributed by atoms with van der Waals surface area (Å²) in [5, 5.41) is 0. The fraction of sp³-hybridized carbons (Fsp3) is 0.308. The normalized spacial score (nSPS) is 10.0. The molecule has 0 spiro atoms. The van der Waals surface area contributed by atoms with Crippen molar-refractivity contribution in [2.45, 2.75) is 26.1 Å². The van der Waals surface area contributed by atoms with E-state index >= 15 is 0 Å². The molecule has 0 heterocycles. The van der Waals surface area contributed by atoms with E-state index < -0.39 is 75.1 Å². The molecule has 0 fully saturated rings. The summed E-state index contributed by atoms with van der Waals surface area (Å²) in [4.78, 5) is 69.7. The second-order valence-corrected chi connectivity index (χ2v) is 7.44. The first-order valence-corrected chi connectivity index (χ1v) is 11.3. The van der Waals surface area contributed by atoms with E-state index in [0.717, 1.165) is 11.1 Å². The van der Waals surface area contributed by atoms with Crippen molar-refractivity contribution in [1.29, 1.82) is 0 Å². The van der Waals surface area contributed by atoms with Crippen molar-refractivity contribution >= 4 is 35.8 Å². The van der Waals surface area contributed by atoms with E-state index in [9.17, 15) is 28.8 Å². The van der Waals surface area contributed by atoms with Crippen LogP contribution in [-0.2, 0) is 70.4 Å². The predicted molar refractivity (Wildman–Crippen MR) is 126 cm³/mol. The number of benzene rings is 2. The summed E-state index contributed by atoms with van der Waals surface area (Å²) in [6.45, 7) is -2.82. The number of ether oxygens (including phenoxy) is 6. The quantitative estimate of drug-likeness (QED) is 0.241. The van der Waals surface area contributed by atoms with Gasteiger partial charge in [0.1, 0.15) is 13.2 Å². The number of carbonyl (C=O) groups excluding carboxylic acids is 6. The highest BCUT2D eigenvalue weighted by molar-refractivity contribution is 5.82. The maximum atomic E-state index is 11.7. The fourth-order valence-electron chi connectivity index (χ4n) is 2.55. The van der Waals surface area contributed by atoms with E-state index in [1.165, 1.54) is 0 Å². The van der Waals surface area contributed by atoms with Crippen LogP contribution < -0.4 is 0 Å². The van der Waals surface area contributed by atoms with Crippen LogP contribution in [-0.4, -0.2) is 62.2 Å². The largest absolute Gasteiger partial charge is 0.458 e. The van der Waals surface area contributed by atoms with Gasteiger partial charge in [-0.1, -0.05) is 60.7 Å². The molecule has 0 saturated carbocycles. The minimum Gasteiger partial charge on any atom is -0.458 e. The van der Waals surface area contributed by atoms with Crippen LogP contribution in [0.2, 0.25) is 0 Å². The minimum atomic E-state index is -0.984. The Labute approximate surface area is 217 Å². The molecule has 0 bridgehead atoms. The minimum absolute atomic E-state index is 0.0152. The lowest BCUT2D eigenvalue weighted by atomic mass is 10.2. The Bertz CT molecular complexity index is 994. The Morgan fingerprint density at radius 1 is 0.395 bits per heavy atom. The molecule has 0 amide bonds. The molecule has 0 unspecified atom stereocenters. The molecule has 0 aliphatic rings. The van der Waals surface area contributed by atoms with Crippen molar-refractivity contribution < 1.29 is 57.2 Å². The van der Waals surface area contributed by atoms with Gasteiger partial charge in [-0.25, -0.2) is 19.2 Å². The van der Waals surface area contributed by atoms with Crippen LogP contribution >= 0.6 is 0 Å². The molecule has 0 aliphatic heterocycles. The standard InChI is InChI=1S/C26H26O12/c27-21(35-15-25(31)37-17-23(29)33-13-19-7-3-1-4-8-19)11-12-22(28)36-16-26(32)38-18-24(30)34-14-20-9-5-2-6-10-20/h1-10H,11-18H2. The fourth-order valence-corrected chi connectivity index (χ4v) is 2.55. The van der Waals surface area contributed by atoms with Gasteiger partial charge in [0.2, 0.25) is 0 Å². The monoisotopic (exact) mass is 530 g/mol. The van der Waals surface area contributed by atoms with Crippen LogP contribution in [0.4, 0.5) is 0 Å². The molecular weight excluding hydrogens is 504 g/mol. The highest BCUT2D eigenvalue weighted by atomic mass is 16.6. The summed E-state index contributed by atoms with van der Waals surface area (Å²) in [7, 11) is 0. The molecule has 12 nitrogen and oxygen atoms in total. The number of hydrogen-bond donors (Lipinski definition) is 0. The van der Waals surface area contributed by atoms with E-state index in [0.29, 0.717) is 0 Å². The molecule has 12 heteroatoms. The first-order valence-electron chi connectivity index (χ1n) is 11.3. The highest BCUT2D eigenvalue weighted by Gasteiger charge is 2.15. The summed E-state index contributed by atoms with van der Waals surface area (Å²) in [5.74, 6) is -5.34. The SMILES string of the molecule is O=C(CCC(=O)OCC(=O)OCC(=O)OCc1ccccc1)OCC(=O)OCC(=O)OCc1ccccc1. The second-order valence-electron chi connectivity index (χ2n) is 7.44. The van der Waals surface area contributed by atoms with Crippen molar-refractivity contribution in [1.82, 2.24) is 0 Å². The summed E-state index contributed by atoms with van der Waals surface area (Å²) < 4.78 is 28.4. The van der Waals surface area contributed by atoms with Crippen molar-refractivity contribution in [2.75, 3.05) is 26.4 Å². The molecule has 0 saturated heterocycles. The van der Waals surface area contributed by atoms with E-state index in [-0.39, 0.29) is 13.2 Å². The Morgan fingerprint density at radius 2 is 0.684 bits per heavy atom. The molecule has 0 aliphatic carbocycles. The Morgan fingerprint density at radius 3 is 1.03 bits per heavy atom. The first kappa shape index (κ1) is 29.5. The van der Waals surface area contributed by atoms with Gasteiger partial charge in [0.15, 0.2) is 26.4 Å². The van der Waals surface area contributed by atoms with E-state index in [2.05, 4.69) is 18.9 Å². The van der Waals surface area contributed by atoms with Crippen LogP contribution in [0, 0.1) is 0 Å². The van der Waals surface area contributed by atoms with Gasteiger partial charge in [-0.2, -0.15) is 0 Å². The van der Waals surface area contributed by atoms with E-state index in [1.54, 1.807) is 48.5 Å². The lowest BCUT2D eigenvalue weighted by molar-refractivity contribution is -0.167. The lowest BCUT2D eigenvalue weighted by Gasteiger charge is -2.08. The van der Waals surface area contributed by atoms with Crippen LogP contribution in [0.1, 0.15) is 24.0 Å². The number of esters is 6. The van der Waals surface area contributed by atoms with Gasteiger partial charge < -0.3 is 28.4 Å². The third kappa shape index (κ3) is 13.4. The van der Waals surface area contributed by atoms with Gasteiger partial charge in [-0.05, 0) is 11.1 Å². The lowest BCUT2D eigenvalue weighted by Crippen LogP contribution is -2.22. The molecule has 38 heavy (non-hydrogen) atoms. The smallest absolute Gasteiger partial charge is 0.344 e. The van der Waals surface area contributed by atoms with Crippen LogP contribution in [0.3, 0.4) is 0 Å². The predicted octanol–water partition coefficient (Wildman–Crippen LogP) is 1.43. The van der Waals surface area contributed by atoms with E-state index in [4.69, 9.17) is 9.47 Å². The second kappa shape index (κ2) is 16.8. The molecule has 202 valence electrons.